The van der Waals surface area contributed by atoms with Crippen molar-refractivity contribution < 1.29 is 0 Å². The number of aryl methyl sites for hydroxylation is 2. The third-order valence-corrected chi connectivity index (χ3v) is 3.91. The Hall–Kier alpha value is -2.59. The molecule has 2 aromatic carbocycles. The Morgan fingerprint density at radius 1 is 0.958 bits per heavy atom. The highest BCUT2D eigenvalue weighted by Gasteiger charge is 2.05. The lowest BCUT2D eigenvalue weighted by atomic mass is 10.2. The molecule has 24 heavy (non-hydrogen) atoms. The zero-order valence-corrected chi connectivity index (χ0v) is 14.4. The highest BCUT2D eigenvalue weighted by atomic mass is 35.5. The van der Waals surface area contributed by atoms with E-state index in [4.69, 9.17) is 11.6 Å². The molecule has 0 aliphatic heterocycles. The van der Waals surface area contributed by atoms with Gasteiger partial charge in [0.05, 0.1) is 0 Å². The second kappa shape index (κ2) is 7.32. The zero-order chi connectivity index (χ0) is 16.9. The minimum absolute atomic E-state index is 0.574. The summed E-state index contributed by atoms with van der Waals surface area (Å²) in [6.07, 6.45) is 0. The normalized spacial score (nSPS) is 10.5. The zero-order valence-electron chi connectivity index (χ0n) is 13.7. The molecule has 5 heteroatoms. The number of halogens is 1. The molecule has 0 bridgehead atoms. The molecule has 0 aliphatic carbocycles. The van der Waals surface area contributed by atoms with Gasteiger partial charge in [-0.3, -0.25) is 0 Å². The largest absolute Gasteiger partial charge is 0.350 e. The van der Waals surface area contributed by atoms with Crippen LogP contribution in [0.5, 0.6) is 0 Å². The smallest absolute Gasteiger partial charge is 0.225 e. The minimum Gasteiger partial charge on any atom is -0.350 e. The SMILES string of the molecule is Cc1cccc(Nc2cc(C)nc(NCc3ccccc3Cl)n2)c1. The lowest BCUT2D eigenvalue weighted by molar-refractivity contribution is 1.03. The molecule has 1 aromatic heterocycles. The predicted octanol–water partition coefficient (Wildman–Crippen LogP) is 5.10. The first-order chi connectivity index (χ1) is 11.6. The van der Waals surface area contributed by atoms with E-state index in [9.17, 15) is 0 Å². The first kappa shape index (κ1) is 16.3. The third-order valence-electron chi connectivity index (χ3n) is 3.54. The fourth-order valence-corrected chi connectivity index (χ4v) is 2.60. The average molecular weight is 339 g/mol. The number of aromatic nitrogens is 2. The van der Waals surface area contributed by atoms with Crippen molar-refractivity contribution in [3.63, 3.8) is 0 Å². The van der Waals surface area contributed by atoms with Crippen molar-refractivity contribution in [3.8, 4) is 0 Å². The van der Waals surface area contributed by atoms with E-state index in [1.807, 2.05) is 49.4 Å². The maximum Gasteiger partial charge on any atom is 0.225 e. The van der Waals surface area contributed by atoms with E-state index in [2.05, 4.69) is 39.7 Å². The fraction of sp³-hybridized carbons (Fsp3) is 0.158. The van der Waals surface area contributed by atoms with Crippen LogP contribution in [0.2, 0.25) is 5.02 Å². The molecule has 0 aliphatic rings. The van der Waals surface area contributed by atoms with E-state index in [0.29, 0.717) is 12.5 Å². The van der Waals surface area contributed by atoms with Gasteiger partial charge in [0, 0.05) is 29.0 Å². The third kappa shape index (κ3) is 4.24. The molecule has 0 radical (unpaired) electrons. The van der Waals surface area contributed by atoms with Crippen molar-refractivity contribution in [1.29, 1.82) is 0 Å². The van der Waals surface area contributed by atoms with E-state index in [1.165, 1.54) is 5.56 Å². The van der Waals surface area contributed by atoms with Gasteiger partial charge < -0.3 is 10.6 Å². The highest BCUT2D eigenvalue weighted by molar-refractivity contribution is 6.31. The van der Waals surface area contributed by atoms with Crippen LogP contribution in [0.4, 0.5) is 17.5 Å². The first-order valence-electron chi connectivity index (χ1n) is 7.77. The molecular formula is C19H19ClN4. The molecule has 3 aromatic rings. The Morgan fingerprint density at radius 2 is 1.79 bits per heavy atom. The van der Waals surface area contributed by atoms with Crippen molar-refractivity contribution in [2.75, 3.05) is 10.6 Å². The van der Waals surface area contributed by atoms with Crippen LogP contribution >= 0.6 is 11.6 Å². The van der Waals surface area contributed by atoms with Gasteiger partial charge in [-0.25, -0.2) is 4.98 Å². The maximum atomic E-state index is 6.18. The monoisotopic (exact) mass is 338 g/mol. The predicted molar refractivity (Wildman–Crippen MR) is 100 cm³/mol. The van der Waals surface area contributed by atoms with E-state index in [1.54, 1.807) is 0 Å². The van der Waals surface area contributed by atoms with Gasteiger partial charge in [0.25, 0.3) is 0 Å². The van der Waals surface area contributed by atoms with Gasteiger partial charge in [-0.2, -0.15) is 4.98 Å². The van der Waals surface area contributed by atoms with Crippen molar-refractivity contribution in [3.05, 3.63) is 76.4 Å². The van der Waals surface area contributed by atoms with Crippen LogP contribution in [0.15, 0.2) is 54.6 Å². The van der Waals surface area contributed by atoms with Gasteiger partial charge >= 0.3 is 0 Å². The molecule has 0 atom stereocenters. The number of hydrogen-bond donors (Lipinski definition) is 2. The van der Waals surface area contributed by atoms with E-state index >= 15 is 0 Å². The Bertz CT molecular complexity index is 848. The van der Waals surface area contributed by atoms with Crippen LogP contribution in [0.1, 0.15) is 16.8 Å². The van der Waals surface area contributed by atoms with Crippen LogP contribution in [0.3, 0.4) is 0 Å². The number of hydrogen-bond acceptors (Lipinski definition) is 4. The Morgan fingerprint density at radius 3 is 2.58 bits per heavy atom. The summed E-state index contributed by atoms with van der Waals surface area (Å²) in [6.45, 7) is 4.59. The van der Waals surface area contributed by atoms with E-state index in [0.717, 1.165) is 27.8 Å². The maximum absolute atomic E-state index is 6.18. The second-order valence-electron chi connectivity index (χ2n) is 5.66. The van der Waals surface area contributed by atoms with Crippen LogP contribution in [0, 0.1) is 13.8 Å². The first-order valence-corrected chi connectivity index (χ1v) is 8.14. The molecule has 122 valence electrons. The van der Waals surface area contributed by atoms with Gasteiger partial charge in [-0.1, -0.05) is 41.9 Å². The molecule has 3 rings (SSSR count). The summed E-state index contributed by atoms with van der Waals surface area (Å²) in [4.78, 5) is 8.96. The summed E-state index contributed by atoms with van der Waals surface area (Å²) in [5, 5.41) is 7.28. The molecule has 0 saturated heterocycles. The van der Waals surface area contributed by atoms with Crippen molar-refractivity contribution >= 4 is 29.1 Å². The summed E-state index contributed by atoms with van der Waals surface area (Å²) in [7, 11) is 0. The molecule has 1 heterocycles. The summed E-state index contributed by atoms with van der Waals surface area (Å²) < 4.78 is 0. The van der Waals surface area contributed by atoms with E-state index < -0.39 is 0 Å². The minimum atomic E-state index is 0.574. The molecule has 2 N–H and O–H groups in total. The highest BCUT2D eigenvalue weighted by Crippen LogP contribution is 2.19. The number of rotatable bonds is 5. The second-order valence-corrected chi connectivity index (χ2v) is 6.06. The molecule has 0 unspecified atom stereocenters. The lowest BCUT2D eigenvalue weighted by Crippen LogP contribution is -2.06. The summed E-state index contributed by atoms with van der Waals surface area (Å²) in [5.74, 6) is 1.33. The van der Waals surface area contributed by atoms with Gasteiger partial charge in [-0.15, -0.1) is 0 Å². The average Bonchev–Trinajstić information content (AvgIpc) is 2.53. The molecule has 4 nitrogen and oxygen atoms in total. The Kier molecular flexibility index (Phi) is 4.96. The fourth-order valence-electron chi connectivity index (χ4n) is 2.40. The number of benzene rings is 2. The summed E-state index contributed by atoms with van der Waals surface area (Å²) in [5.41, 5.74) is 4.10. The molecule has 0 fully saturated rings. The van der Waals surface area contributed by atoms with Crippen molar-refractivity contribution in [2.24, 2.45) is 0 Å². The Labute approximate surface area is 146 Å². The van der Waals surface area contributed by atoms with Gasteiger partial charge in [-0.05, 0) is 43.2 Å². The van der Waals surface area contributed by atoms with E-state index in [-0.39, 0.29) is 0 Å². The lowest BCUT2D eigenvalue weighted by Gasteiger charge is -2.11. The molecule has 0 spiro atoms. The number of nitrogens with zero attached hydrogens (tertiary/aromatic N) is 2. The standard InChI is InChI=1S/C19H19ClN4/c1-13-6-5-8-16(10-13)23-18-11-14(2)22-19(24-18)21-12-15-7-3-4-9-17(15)20/h3-11H,12H2,1-2H3,(H2,21,22,23,24). The molecular weight excluding hydrogens is 320 g/mol. The van der Waals surface area contributed by atoms with Crippen LogP contribution in [-0.2, 0) is 6.54 Å². The van der Waals surface area contributed by atoms with Gasteiger partial charge in [0.15, 0.2) is 0 Å². The van der Waals surface area contributed by atoms with Crippen LogP contribution in [0.25, 0.3) is 0 Å². The summed E-state index contributed by atoms with van der Waals surface area (Å²) >= 11 is 6.18. The van der Waals surface area contributed by atoms with Gasteiger partial charge in [0.1, 0.15) is 5.82 Å². The summed E-state index contributed by atoms with van der Waals surface area (Å²) in [6, 6.07) is 17.8. The van der Waals surface area contributed by atoms with Gasteiger partial charge in [0.2, 0.25) is 5.95 Å². The van der Waals surface area contributed by atoms with Crippen LogP contribution in [-0.4, -0.2) is 9.97 Å². The molecule has 0 saturated carbocycles. The number of anilines is 3. The van der Waals surface area contributed by atoms with Crippen molar-refractivity contribution in [2.45, 2.75) is 20.4 Å². The van der Waals surface area contributed by atoms with Crippen LogP contribution < -0.4 is 10.6 Å². The Balaban J connectivity index is 1.75. The number of nitrogens with one attached hydrogen (secondary N) is 2. The molecule has 0 amide bonds. The van der Waals surface area contributed by atoms with Crippen molar-refractivity contribution in [1.82, 2.24) is 9.97 Å². The topological polar surface area (TPSA) is 49.8 Å². The quantitative estimate of drug-likeness (QED) is 0.679.